The second-order valence-corrected chi connectivity index (χ2v) is 5.38. The highest BCUT2D eigenvalue weighted by atomic mass is 16.6. The van der Waals surface area contributed by atoms with Gasteiger partial charge in [0, 0.05) is 18.7 Å². The fourth-order valence-corrected chi connectivity index (χ4v) is 2.62. The molecule has 0 aromatic heterocycles. The molecular weight excluding hydrogens is 260 g/mol. The number of carboxylic acids is 1. The van der Waals surface area contributed by atoms with E-state index in [2.05, 4.69) is 0 Å². The Morgan fingerprint density at radius 3 is 2.60 bits per heavy atom. The van der Waals surface area contributed by atoms with E-state index in [1.807, 2.05) is 4.90 Å². The van der Waals surface area contributed by atoms with E-state index in [1.54, 1.807) is 19.1 Å². The lowest BCUT2D eigenvalue weighted by molar-refractivity contribution is -0.384. The van der Waals surface area contributed by atoms with Crippen molar-refractivity contribution >= 4 is 11.7 Å². The Hall–Kier alpha value is -1.95. The van der Waals surface area contributed by atoms with E-state index in [9.17, 15) is 20.0 Å². The Morgan fingerprint density at radius 2 is 2.05 bits per heavy atom. The van der Waals surface area contributed by atoms with Crippen molar-refractivity contribution in [3.8, 4) is 0 Å². The smallest absolute Gasteiger partial charge is 0.323 e. The van der Waals surface area contributed by atoms with Gasteiger partial charge in [0.15, 0.2) is 0 Å². The topological polar surface area (TPSA) is 83.7 Å². The van der Waals surface area contributed by atoms with Gasteiger partial charge < -0.3 is 5.11 Å². The Morgan fingerprint density at radius 1 is 1.40 bits per heavy atom. The van der Waals surface area contributed by atoms with Crippen LogP contribution in [0, 0.1) is 10.1 Å². The molecule has 1 atom stereocenters. The van der Waals surface area contributed by atoms with Crippen molar-refractivity contribution in [3.63, 3.8) is 0 Å². The maximum Gasteiger partial charge on any atom is 0.323 e. The highest BCUT2D eigenvalue weighted by molar-refractivity contribution is 5.78. The lowest BCUT2D eigenvalue weighted by atomic mass is 9.88. The minimum atomic E-state index is -0.847. The molecule has 0 saturated carbocycles. The molecule has 1 aromatic carbocycles. The number of aliphatic carboxylic acids is 1. The number of piperidine rings is 1. The van der Waals surface area contributed by atoms with Crippen LogP contribution in [0.3, 0.4) is 0 Å². The monoisotopic (exact) mass is 278 g/mol. The summed E-state index contributed by atoms with van der Waals surface area (Å²) in [5, 5.41) is 20.0. The molecule has 1 heterocycles. The average Bonchev–Trinajstić information content (AvgIpc) is 2.42. The molecule has 1 saturated heterocycles. The fraction of sp³-hybridized carbons (Fsp3) is 0.500. The Balaban J connectivity index is 2.15. The van der Waals surface area contributed by atoms with Crippen LogP contribution in [-0.2, 0) is 11.3 Å². The number of hydrogen-bond donors (Lipinski definition) is 1. The summed E-state index contributed by atoms with van der Waals surface area (Å²) in [6.07, 6.45) is 2.53. The van der Waals surface area contributed by atoms with E-state index < -0.39 is 16.4 Å². The number of nitro benzene ring substituents is 1. The molecule has 108 valence electrons. The lowest BCUT2D eigenvalue weighted by Gasteiger charge is -2.41. The van der Waals surface area contributed by atoms with Crippen LogP contribution in [0.2, 0.25) is 0 Å². The second kappa shape index (κ2) is 5.58. The second-order valence-electron chi connectivity index (χ2n) is 5.38. The van der Waals surface area contributed by atoms with Crippen molar-refractivity contribution in [1.82, 2.24) is 4.90 Å². The summed E-state index contributed by atoms with van der Waals surface area (Å²) < 4.78 is 0. The molecule has 1 aliphatic rings. The van der Waals surface area contributed by atoms with Gasteiger partial charge in [0.25, 0.3) is 5.69 Å². The molecule has 20 heavy (non-hydrogen) atoms. The van der Waals surface area contributed by atoms with Crippen LogP contribution >= 0.6 is 0 Å². The fourth-order valence-electron chi connectivity index (χ4n) is 2.62. The van der Waals surface area contributed by atoms with Crippen LogP contribution in [-0.4, -0.2) is 33.0 Å². The summed E-state index contributed by atoms with van der Waals surface area (Å²) in [4.78, 5) is 23.6. The maximum absolute atomic E-state index is 11.5. The Bertz CT molecular complexity index is 514. The molecule has 1 fully saturated rings. The van der Waals surface area contributed by atoms with E-state index in [1.165, 1.54) is 12.1 Å². The first-order valence-electron chi connectivity index (χ1n) is 6.65. The first-order chi connectivity index (χ1) is 9.43. The van der Waals surface area contributed by atoms with Crippen molar-refractivity contribution < 1.29 is 14.8 Å². The summed E-state index contributed by atoms with van der Waals surface area (Å²) in [7, 11) is 0. The first-order valence-corrected chi connectivity index (χ1v) is 6.65. The number of rotatable bonds is 4. The molecule has 6 nitrogen and oxygen atoms in total. The van der Waals surface area contributed by atoms with Gasteiger partial charge in [-0.05, 0) is 38.3 Å². The molecule has 2 rings (SSSR count). The van der Waals surface area contributed by atoms with Crippen molar-refractivity contribution in [3.05, 3.63) is 39.9 Å². The van der Waals surface area contributed by atoms with Gasteiger partial charge in [-0.1, -0.05) is 12.1 Å². The van der Waals surface area contributed by atoms with Gasteiger partial charge in [0.2, 0.25) is 0 Å². The Kier molecular flexibility index (Phi) is 4.04. The molecule has 1 N–H and O–H groups in total. The molecule has 0 aliphatic carbocycles. The molecule has 6 heteroatoms. The number of benzene rings is 1. The van der Waals surface area contributed by atoms with Crippen molar-refractivity contribution in [2.24, 2.45) is 0 Å². The third-order valence-corrected chi connectivity index (χ3v) is 4.02. The number of hydrogen-bond acceptors (Lipinski definition) is 4. The van der Waals surface area contributed by atoms with Crippen LogP contribution in [0.5, 0.6) is 0 Å². The van der Waals surface area contributed by atoms with Gasteiger partial charge in [-0.3, -0.25) is 19.8 Å². The van der Waals surface area contributed by atoms with E-state index >= 15 is 0 Å². The van der Waals surface area contributed by atoms with Crippen molar-refractivity contribution in [2.75, 3.05) is 6.54 Å². The van der Waals surface area contributed by atoms with Gasteiger partial charge in [0.05, 0.1) is 4.92 Å². The quantitative estimate of drug-likeness (QED) is 0.675. The first kappa shape index (κ1) is 14.5. The zero-order chi connectivity index (χ0) is 14.8. The van der Waals surface area contributed by atoms with Gasteiger partial charge in [-0.2, -0.15) is 0 Å². The van der Waals surface area contributed by atoms with Gasteiger partial charge in [-0.25, -0.2) is 0 Å². The number of nitrogens with zero attached hydrogens (tertiary/aromatic N) is 2. The molecule has 0 spiro atoms. The van der Waals surface area contributed by atoms with E-state index in [0.29, 0.717) is 13.0 Å². The number of carbonyl (C=O) groups is 1. The molecule has 1 unspecified atom stereocenters. The number of likely N-dealkylation sites (tertiary alicyclic amines) is 1. The number of nitro groups is 1. The summed E-state index contributed by atoms with van der Waals surface area (Å²) in [6.45, 7) is 2.99. The minimum absolute atomic E-state index is 0.0494. The van der Waals surface area contributed by atoms with Crippen molar-refractivity contribution in [2.45, 2.75) is 38.3 Å². The molecule has 1 aliphatic heterocycles. The average molecular weight is 278 g/mol. The normalized spacial score (nSPS) is 23.4. The molecule has 0 amide bonds. The zero-order valence-corrected chi connectivity index (χ0v) is 11.4. The third-order valence-electron chi connectivity index (χ3n) is 4.02. The van der Waals surface area contributed by atoms with Crippen LogP contribution < -0.4 is 0 Å². The van der Waals surface area contributed by atoms with Crippen LogP contribution in [0.1, 0.15) is 31.7 Å². The van der Waals surface area contributed by atoms with E-state index in [0.717, 1.165) is 24.9 Å². The van der Waals surface area contributed by atoms with Gasteiger partial charge >= 0.3 is 5.97 Å². The highest BCUT2D eigenvalue weighted by Crippen LogP contribution is 2.30. The predicted molar refractivity (Wildman–Crippen MR) is 73.4 cm³/mol. The Labute approximate surface area is 117 Å². The molecular formula is C14H18N2O4. The number of carboxylic acid groups (broad SMARTS) is 1. The summed E-state index contributed by atoms with van der Waals surface area (Å²) in [5.74, 6) is -0.806. The minimum Gasteiger partial charge on any atom is -0.480 e. The predicted octanol–water partition coefficient (Wildman–Crippen LogP) is 2.42. The van der Waals surface area contributed by atoms with E-state index in [-0.39, 0.29) is 5.69 Å². The van der Waals surface area contributed by atoms with Gasteiger partial charge in [-0.15, -0.1) is 0 Å². The standard InChI is InChI=1S/C14H18N2O4/c1-14(13(17)18)8-2-3-9-15(14)10-11-4-6-12(7-5-11)16(19)20/h4-7H,2-3,8-10H2,1H3,(H,17,18). The molecule has 1 aromatic rings. The van der Waals surface area contributed by atoms with E-state index in [4.69, 9.17) is 0 Å². The lowest BCUT2D eigenvalue weighted by Crippen LogP contribution is -2.54. The zero-order valence-electron chi connectivity index (χ0n) is 11.4. The third kappa shape index (κ3) is 2.80. The highest BCUT2D eigenvalue weighted by Gasteiger charge is 2.41. The largest absolute Gasteiger partial charge is 0.480 e. The van der Waals surface area contributed by atoms with Crippen LogP contribution in [0.25, 0.3) is 0 Å². The number of non-ortho nitro benzene ring substituents is 1. The molecule has 0 bridgehead atoms. The SMILES string of the molecule is CC1(C(=O)O)CCCCN1Cc1ccc([N+](=O)[O-])cc1. The van der Waals surface area contributed by atoms with Crippen LogP contribution in [0.15, 0.2) is 24.3 Å². The molecule has 0 radical (unpaired) electrons. The summed E-state index contributed by atoms with van der Waals surface area (Å²) in [6, 6.07) is 6.29. The summed E-state index contributed by atoms with van der Waals surface area (Å²) in [5.41, 5.74) is 0.0957. The summed E-state index contributed by atoms with van der Waals surface area (Å²) >= 11 is 0. The maximum atomic E-state index is 11.5. The van der Waals surface area contributed by atoms with Crippen LogP contribution in [0.4, 0.5) is 5.69 Å². The van der Waals surface area contributed by atoms with Gasteiger partial charge in [0.1, 0.15) is 5.54 Å². The van der Waals surface area contributed by atoms with Crippen molar-refractivity contribution in [1.29, 1.82) is 0 Å².